The molecule has 158 valence electrons. The molecule has 0 atom stereocenters. The number of thiazole rings is 1. The van der Waals surface area contributed by atoms with Crippen molar-refractivity contribution in [3.8, 4) is 17.3 Å². The number of aliphatic imine (C=N–C) groups is 1. The smallest absolute Gasteiger partial charge is 0.335 e. The number of nitrogens with one attached hydrogen (secondary N) is 1. The molecule has 0 saturated carbocycles. The van der Waals surface area contributed by atoms with Gasteiger partial charge < -0.3 is 9.84 Å². The van der Waals surface area contributed by atoms with Crippen molar-refractivity contribution in [1.29, 1.82) is 0 Å². The van der Waals surface area contributed by atoms with Crippen molar-refractivity contribution in [3.63, 3.8) is 0 Å². The normalized spacial score (nSPS) is 11.5. The predicted molar refractivity (Wildman–Crippen MR) is 122 cm³/mol. The van der Waals surface area contributed by atoms with Crippen molar-refractivity contribution in [2.75, 3.05) is 6.61 Å². The molecular formula is C22H20N4O4S. The minimum Gasteiger partial charge on any atom is -0.494 e. The number of aromatic nitrogens is 3. The van der Waals surface area contributed by atoms with Gasteiger partial charge in [-0.25, -0.2) is 19.3 Å². The number of aryl methyl sites for hydroxylation is 2. The first-order chi connectivity index (χ1) is 14.9. The monoisotopic (exact) mass is 436 g/mol. The van der Waals surface area contributed by atoms with Crippen molar-refractivity contribution >= 4 is 32.9 Å². The lowest BCUT2D eigenvalue weighted by Crippen LogP contribution is -2.31. The zero-order chi connectivity index (χ0) is 22.1. The van der Waals surface area contributed by atoms with Gasteiger partial charge in [0.25, 0.3) is 5.56 Å². The van der Waals surface area contributed by atoms with E-state index in [1.165, 1.54) is 17.6 Å². The summed E-state index contributed by atoms with van der Waals surface area (Å²) >= 11 is 1.32. The molecule has 4 rings (SSSR count). The van der Waals surface area contributed by atoms with Crippen LogP contribution in [0.15, 0.2) is 51.0 Å². The Balaban J connectivity index is 1.76. The van der Waals surface area contributed by atoms with E-state index in [0.717, 1.165) is 31.7 Å². The SMILES string of the molecule is CCOc1ccc2nc(N=Cc3c(O)n(-c4ccc(C)cc4C)c(=O)[nH]c3=O)sc2c1. The van der Waals surface area contributed by atoms with Crippen molar-refractivity contribution in [1.82, 2.24) is 14.5 Å². The molecule has 0 unspecified atom stereocenters. The van der Waals surface area contributed by atoms with Gasteiger partial charge in [0.05, 0.1) is 22.5 Å². The summed E-state index contributed by atoms with van der Waals surface area (Å²) in [5.41, 5.74) is 1.43. The molecule has 2 aromatic heterocycles. The second kappa shape index (κ2) is 8.19. The van der Waals surface area contributed by atoms with Crippen molar-refractivity contribution < 1.29 is 9.84 Å². The molecule has 0 fully saturated rings. The highest BCUT2D eigenvalue weighted by molar-refractivity contribution is 7.22. The molecule has 0 saturated heterocycles. The Morgan fingerprint density at radius 2 is 2.03 bits per heavy atom. The van der Waals surface area contributed by atoms with Crippen LogP contribution in [0.5, 0.6) is 11.6 Å². The summed E-state index contributed by atoms with van der Waals surface area (Å²) in [5, 5.41) is 11.1. The maximum absolute atomic E-state index is 12.4. The molecule has 0 amide bonds. The van der Waals surface area contributed by atoms with Gasteiger partial charge in [-0.1, -0.05) is 29.0 Å². The minimum absolute atomic E-state index is 0.131. The molecule has 4 aromatic rings. The number of hydrogen-bond acceptors (Lipinski definition) is 7. The van der Waals surface area contributed by atoms with Gasteiger partial charge in [-0.15, -0.1) is 0 Å². The summed E-state index contributed by atoms with van der Waals surface area (Å²) in [6.07, 6.45) is 1.22. The third kappa shape index (κ3) is 3.99. The number of aromatic hydroxyl groups is 1. The molecule has 31 heavy (non-hydrogen) atoms. The summed E-state index contributed by atoms with van der Waals surface area (Å²) in [6, 6.07) is 11.0. The number of ether oxygens (including phenoxy) is 1. The molecule has 2 aromatic carbocycles. The van der Waals surface area contributed by atoms with Gasteiger partial charge in [0.15, 0.2) is 0 Å². The summed E-state index contributed by atoms with van der Waals surface area (Å²) in [6.45, 7) is 6.23. The van der Waals surface area contributed by atoms with E-state index in [0.29, 0.717) is 17.4 Å². The topological polar surface area (TPSA) is 110 Å². The quantitative estimate of drug-likeness (QED) is 0.465. The third-order valence-corrected chi connectivity index (χ3v) is 5.60. The molecular weight excluding hydrogens is 416 g/mol. The Bertz CT molecular complexity index is 1430. The maximum Gasteiger partial charge on any atom is 0.335 e. The molecule has 0 bridgehead atoms. The van der Waals surface area contributed by atoms with Gasteiger partial charge in [0, 0.05) is 6.21 Å². The first kappa shape index (κ1) is 20.5. The largest absolute Gasteiger partial charge is 0.494 e. The van der Waals surface area contributed by atoms with Gasteiger partial charge in [-0.3, -0.25) is 9.78 Å². The van der Waals surface area contributed by atoms with Crippen LogP contribution in [0.4, 0.5) is 5.13 Å². The van der Waals surface area contributed by atoms with E-state index in [2.05, 4.69) is 15.0 Å². The second-order valence-corrected chi connectivity index (χ2v) is 7.95. The molecule has 0 aliphatic carbocycles. The standard InChI is InChI=1S/C22H20N4O4S/c1-4-30-14-6-7-16-18(10-14)31-21(24-16)23-11-15-19(27)25-22(29)26(20(15)28)17-8-5-12(2)9-13(17)3/h5-11,28H,4H2,1-3H3,(H,25,27,29). The predicted octanol–water partition coefficient (Wildman–Crippen LogP) is 3.61. The number of aromatic amines is 1. The Labute approximate surface area is 181 Å². The molecule has 0 radical (unpaired) electrons. The number of nitrogens with zero attached hydrogens (tertiary/aromatic N) is 3. The van der Waals surface area contributed by atoms with Crippen LogP contribution in [0.1, 0.15) is 23.6 Å². The Hall–Kier alpha value is -3.72. The summed E-state index contributed by atoms with van der Waals surface area (Å²) in [5.74, 6) is 0.257. The van der Waals surface area contributed by atoms with Gasteiger partial charge in [0.2, 0.25) is 11.0 Å². The highest BCUT2D eigenvalue weighted by Crippen LogP contribution is 2.31. The van der Waals surface area contributed by atoms with Crippen LogP contribution in [0.2, 0.25) is 0 Å². The summed E-state index contributed by atoms with van der Waals surface area (Å²) < 4.78 is 7.44. The van der Waals surface area contributed by atoms with E-state index in [4.69, 9.17) is 4.74 Å². The molecule has 2 N–H and O–H groups in total. The first-order valence-electron chi connectivity index (χ1n) is 9.60. The molecule has 2 heterocycles. The van der Waals surface area contributed by atoms with Crippen LogP contribution >= 0.6 is 11.3 Å². The van der Waals surface area contributed by atoms with Crippen LogP contribution < -0.4 is 16.0 Å². The first-order valence-corrected chi connectivity index (χ1v) is 10.4. The highest BCUT2D eigenvalue weighted by Gasteiger charge is 2.16. The lowest BCUT2D eigenvalue weighted by atomic mass is 10.1. The van der Waals surface area contributed by atoms with Crippen LogP contribution in [-0.2, 0) is 0 Å². The van der Waals surface area contributed by atoms with Gasteiger partial charge in [-0.05, 0) is 50.6 Å². The van der Waals surface area contributed by atoms with Crippen molar-refractivity contribution in [3.05, 3.63) is 73.9 Å². The molecule has 0 spiro atoms. The molecule has 0 aliphatic heterocycles. The lowest BCUT2D eigenvalue weighted by Gasteiger charge is -2.12. The third-order valence-electron chi connectivity index (χ3n) is 4.68. The average Bonchev–Trinajstić information content (AvgIpc) is 3.11. The highest BCUT2D eigenvalue weighted by atomic mass is 32.1. The van der Waals surface area contributed by atoms with E-state index in [1.807, 2.05) is 51.1 Å². The van der Waals surface area contributed by atoms with Gasteiger partial charge in [0.1, 0.15) is 11.3 Å². The fraction of sp³-hybridized carbons (Fsp3) is 0.182. The van der Waals surface area contributed by atoms with Gasteiger partial charge >= 0.3 is 5.69 Å². The van der Waals surface area contributed by atoms with Crippen LogP contribution in [0.25, 0.3) is 15.9 Å². The Morgan fingerprint density at radius 1 is 1.23 bits per heavy atom. The van der Waals surface area contributed by atoms with Crippen molar-refractivity contribution in [2.45, 2.75) is 20.8 Å². The maximum atomic E-state index is 12.4. The minimum atomic E-state index is -0.730. The number of hydrogen-bond donors (Lipinski definition) is 2. The van der Waals surface area contributed by atoms with Crippen LogP contribution in [0, 0.1) is 13.8 Å². The van der Waals surface area contributed by atoms with E-state index in [9.17, 15) is 14.7 Å². The fourth-order valence-corrected chi connectivity index (χ4v) is 4.10. The van der Waals surface area contributed by atoms with E-state index in [1.54, 1.807) is 6.07 Å². The summed E-state index contributed by atoms with van der Waals surface area (Å²) in [4.78, 5) is 35.7. The Morgan fingerprint density at radius 3 is 2.77 bits per heavy atom. The second-order valence-electron chi connectivity index (χ2n) is 6.94. The number of rotatable bonds is 5. The van der Waals surface area contributed by atoms with E-state index < -0.39 is 17.1 Å². The zero-order valence-electron chi connectivity index (χ0n) is 17.2. The molecule has 0 aliphatic rings. The lowest BCUT2D eigenvalue weighted by molar-refractivity contribution is 0.341. The molecule has 8 nitrogen and oxygen atoms in total. The molecule has 9 heteroatoms. The van der Waals surface area contributed by atoms with Crippen molar-refractivity contribution in [2.24, 2.45) is 4.99 Å². The zero-order valence-corrected chi connectivity index (χ0v) is 18.0. The van der Waals surface area contributed by atoms with Gasteiger partial charge in [-0.2, -0.15) is 0 Å². The van der Waals surface area contributed by atoms with Crippen LogP contribution in [-0.4, -0.2) is 32.5 Å². The number of fused-ring (bicyclic) bond motifs is 1. The number of benzene rings is 2. The number of H-pyrrole nitrogens is 1. The fourth-order valence-electron chi connectivity index (χ4n) is 3.26. The Kier molecular flexibility index (Phi) is 5.43. The van der Waals surface area contributed by atoms with E-state index >= 15 is 0 Å². The average molecular weight is 436 g/mol. The van der Waals surface area contributed by atoms with E-state index in [-0.39, 0.29) is 5.56 Å². The summed E-state index contributed by atoms with van der Waals surface area (Å²) in [7, 11) is 0. The van der Waals surface area contributed by atoms with Crippen LogP contribution in [0.3, 0.4) is 0 Å².